The Bertz CT molecular complexity index is 478. The molecule has 0 heterocycles. The van der Waals surface area contributed by atoms with E-state index in [-0.39, 0.29) is 11.6 Å². The molecule has 0 fully saturated rings. The predicted molar refractivity (Wildman–Crippen MR) is 77.9 cm³/mol. The summed E-state index contributed by atoms with van der Waals surface area (Å²) in [6.07, 6.45) is 0.329. The monoisotopic (exact) mass is 254 g/mol. The number of carbonyl (C=O) groups excluding carboxylic acids is 2. The van der Waals surface area contributed by atoms with Gasteiger partial charge in [0.1, 0.15) is 0 Å². The van der Waals surface area contributed by atoms with Gasteiger partial charge in [0.05, 0.1) is 0 Å². The highest BCUT2D eigenvalue weighted by Gasteiger charge is 2.00. The van der Waals surface area contributed by atoms with Gasteiger partial charge in [-0.25, -0.2) is 0 Å². The number of Topliss-reactive ketones (excluding diaryl/α,β-unsaturated/α-hetero) is 2. The van der Waals surface area contributed by atoms with Gasteiger partial charge in [0.15, 0.2) is 11.6 Å². The van der Waals surface area contributed by atoms with E-state index in [0.717, 1.165) is 0 Å². The van der Waals surface area contributed by atoms with Gasteiger partial charge >= 0.3 is 0 Å². The van der Waals surface area contributed by atoms with E-state index in [1.165, 1.54) is 18.1 Å². The van der Waals surface area contributed by atoms with Crippen molar-refractivity contribution in [1.29, 1.82) is 0 Å². The molecule has 98 valence electrons. The zero-order valence-corrected chi connectivity index (χ0v) is 11.3. The topological polar surface area (TPSA) is 34.1 Å². The van der Waals surface area contributed by atoms with Crippen molar-refractivity contribution in [1.82, 2.24) is 0 Å². The maximum atomic E-state index is 10.2. The molecule has 2 rings (SSSR count). The van der Waals surface area contributed by atoms with Crippen molar-refractivity contribution in [3.63, 3.8) is 0 Å². The number of hydrogen-bond acceptors (Lipinski definition) is 2. The summed E-state index contributed by atoms with van der Waals surface area (Å²) in [5.74, 6) is -0.637. The number of carbonyl (C=O) groups is 2. The van der Waals surface area contributed by atoms with Crippen LogP contribution in [0.25, 0.3) is 11.1 Å². The number of ketones is 2. The highest BCUT2D eigenvalue weighted by Crippen LogP contribution is 2.17. The zero-order chi connectivity index (χ0) is 14.1. The highest BCUT2D eigenvalue weighted by atomic mass is 16.2. The largest absolute Gasteiger partial charge is 0.291 e. The summed E-state index contributed by atoms with van der Waals surface area (Å²) in [4.78, 5) is 20.2. The molecular formula is C17H18O2. The van der Waals surface area contributed by atoms with E-state index in [9.17, 15) is 9.59 Å². The van der Waals surface area contributed by atoms with Crippen molar-refractivity contribution in [3.05, 3.63) is 60.7 Å². The van der Waals surface area contributed by atoms with Crippen LogP contribution in [0.5, 0.6) is 0 Å². The number of hydrogen-bond donors (Lipinski definition) is 0. The van der Waals surface area contributed by atoms with Gasteiger partial charge in [-0.15, -0.1) is 0 Å². The van der Waals surface area contributed by atoms with Gasteiger partial charge < -0.3 is 0 Å². The van der Waals surface area contributed by atoms with E-state index in [4.69, 9.17) is 0 Å². The molecule has 0 amide bonds. The van der Waals surface area contributed by atoms with Crippen LogP contribution in [0.3, 0.4) is 0 Å². The Labute approximate surface area is 114 Å². The third kappa shape index (κ3) is 5.30. The maximum Gasteiger partial charge on any atom is 0.197 e. The van der Waals surface area contributed by atoms with Crippen LogP contribution in [0.2, 0.25) is 0 Å². The summed E-state index contributed by atoms with van der Waals surface area (Å²) in [5, 5.41) is 0. The molecule has 2 aromatic rings. The average molecular weight is 254 g/mol. The molecule has 0 saturated heterocycles. The Morgan fingerprint density at radius 3 is 1.37 bits per heavy atom. The van der Waals surface area contributed by atoms with E-state index in [1.54, 1.807) is 6.92 Å². The van der Waals surface area contributed by atoms with Crippen molar-refractivity contribution < 1.29 is 9.59 Å². The molecule has 2 nitrogen and oxygen atoms in total. The van der Waals surface area contributed by atoms with Gasteiger partial charge in [0.25, 0.3) is 0 Å². The Kier molecular flexibility index (Phi) is 6.23. The molecule has 0 bridgehead atoms. The number of benzene rings is 2. The van der Waals surface area contributed by atoms with E-state index in [2.05, 4.69) is 48.5 Å². The first-order chi connectivity index (χ1) is 9.15. The normalized spacial score (nSPS) is 9.16. The van der Waals surface area contributed by atoms with Crippen LogP contribution in [0.4, 0.5) is 0 Å². The second-order valence-corrected chi connectivity index (χ2v) is 4.06. The van der Waals surface area contributed by atoms with Crippen molar-refractivity contribution >= 4 is 11.6 Å². The Balaban J connectivity index is 0.000000224. The lowest BCUT2D eigenvalue weighted by Gasteiger charge is -1.98. The van der Waals surface area contributed by atoms with Crippen LogP contribution in [0.1, 0.15) is 20.3 Å². The van der Waals surface area contributed by atoms with Gasteiger partial charge in [-0.05, 0) is 11.1 Å². The van der Waals surface area contributed by atoms with Gasteiger partial charge in [-0.1, -0.05) is 67.6 Å². The fourth-order valence-electron chi connectivity index (χ4n) is 1.51. The van der Waals surface area contributed by atoms with E-state index < -0.39 is 0 Å². The standard InChI is InChI=1S/C12H10.C5H8O2/c1-3-7-11(8-4-1)12-9-5-2-6-10-12;1-3-5(7)4(2)6/h1-10H;3H2,1-2H3. The third-order valence-corrected chi connectivity index (χ3v) is 2.59. The van der Waals surface area contributed by atoms with Crippen LogP contribution in [-0.2, 0) is 9.59 Å². The van der Waals surface area contributed by atoms with Crippen LogP contribution < -0.4 is 0 Å². The molecular weight excluding hydrogens is 236 g/mol. The molecule has 0 aliphatic heterocycles. The summed E-state index contributed by atoms with van der Waals surface area (Å²) in [5.41, 5.74) is 2.55. The van der Waals surface area contributed by atoms with Crippen LogP contribution in [-0.4, -0.2) is 11.6 Å². The lowest BCUT2D eigenvalue weighted by molar-refractivity contribution is -0.135. The van der Waals surface area contributed by atoms with Crippen molar-refractivity contribution in [3.8, 4) is 11.1 Å². The molecule has 2 aromatic carbocycles. The summed E-state index contributed by atoms with van der Waals surface area (Å²) >= 11 is 0. The number of rotatable bonds is 3. The molecule has 0 aromatic heterocycles. The third-order valence-electron chi connectivity index (χ3n) is 2.59. The molecule has 0 N–H and O–H groups in total. The summed E-state index contributed by atoms with van der Waals surface area (Å²) < 4.78 is 0. The zero-order valence-electron chi connectivity index (χ0n) is 11.3. The molecule has 2 heteroatoms. The molecule has 0 radical (unpaired) electrons. The molecule has 0 unspecified atom stereocenters. The smallest absolute Gasteiger partial charge is 0.197 e. The summed E-state index contributed by atoms with van der Waals surface area (Å²) in [6, 6.07) is 20.8. The first-order valence-electron chi connectivity index (χ1n) is 6.29. The van der Waals surface area contributed by atoms with Gasteiger partial charge in [-0.3, -0.25) is 9.59 Å². The fourth-order valence-corrected chi connectivity index (χ4v) is 1.51. The molecule has 0 saturated carbocycles. The van der Waals surface area contributed by atoms with Crippen LogP contribution in [0, 0.1) is 0 Å². The fraction of sp³-hybridized carbons (Fsp3) is 0.176. The molecule has 0 spiro atoms. The lowest BCUT2D eigenvalue weighted by atomic mass is 10.1. The second kappa shape index (κ2) is 7.98. The van der Waals surface area contributed by atoms with Gasteiger partial charge in [0, 0.05) is 13.3 Å². The van der Waals surface area contributed by atoms with Gasteiger partial charge in [0.2, 0.25) is 0 Å². The van der Waals surface area contributed by atoms with E-state index >= 15 is 0 Å². The first kappa shape index (κ1) is 14.8. The van der Waals surface area contributed by atoms with E-state index in [1.807, 2.05) is 12.1 Å². The predicted octanol–water partition coefficient (Wildman–Crippen LogP) is 3.91. The Morgan fingerprint density at radius 2 is 1.16 bits per heavy atom. The van der Waals surface area contributed by atoms with Crippen molar-refractivity contribution in [2.45, 2.75) is 20.3 Å². The lowest BCUT2D eigenvalue weighted by Crippen LogP contribution is -2.06. The maximum absolute atomic E-state index is 10.2. The minimum Gasteiger partial charge on any atom is -0.291 e. The summed E-state index contributed by atoms with van der Waals surface area (Å²) in [7, 11) is 0. The van der Waals surface area contributed by atoms with E-state index in [0.29, 0.717) is 6.42 Å². The highest BCUT2D eigenvalue weighted by molar-refractivity contribution is 6.36. The Hall–Kier alpha value is -2.22. The molecule has 19 heavy (non-hydrogen) atoms. The summed E-state index contributed by atoms with van der Waals surface area (Å²) in [6.45, 7) is 2.95. The van der Waals surface area contributed by atoms with Gasteiger partial charge in [-0.2, -0.15) is 0 Å². The SMILES string of the molecule is CCC(=O)C(C)=O.c1ccc(-c2ccccc2)cc1. The molecule has 0 aliphatic carbocycles. The second-order valence-electron chi connectivity index (χ2n) is 4.06. The molecule has 0 aliphatic rings. The van der Waals surface area contributed by atoms with Crippen LogP contribution >= 0.6 is 0 Å². The molecule has 0 atom stereocenters. The first-order valence-corrected chi connectivity index (χ1v) is 6.29. The van der Waals surface area contributed by atoms with Crippen molar-refractivity contribution in [2.75, 3.05) is 0 Å². The minimum atomic E-state index is -0.345. The Morgan fingerprint density at radius 1 is 0.789 bits per heavy atom. The average Bonchev–Trinajstić information content (AvgIpc) is 2.49. The van der Waals surface area contributed by atoms with Crippen LogP contribution in [0.15, 0.2) is 60.7 Å². The van der Waals surface area contributed by atoms with Crippen molar-refractivity contribution in [2.24, 2.45) is 0 Å². The quantitative estimate of drug-likeness (QED) is 0.778. The minimum absolute atomic E-state index is 0.292.